The van der Waals surface area contributed by atoms with Crippen molar-refractivity contribution in [3.8, 4) is 5.75 Å². The molecule has 4 nitrogen and oxygen atoms in total. The van der Waals surface area contributed by atoms with Crippen molar-refractivity contribution in [1.29, 1.82) is 5.41 Å². The van der Waals surface area contributed by atoms with Crippen LogP contribution in [0.25, 0.3) is 5.57 Å². The third-order valence-corrected chi connectivity index (χ3v) is 4.38. The molecule has 0 radical (unpaired) electrons. The number of aromatic carboxylic acids is 1. The number of ether oxygens (including phenoxy) is 1. The summed E-state index contributed by atoms with van der Waals surface area (Å²) in [4.78, 5) is 10.9. The Morgan fingerprint density at radius 3 is 2.11 bits per heavy atom. The van der Waals surface area contributed by atoms with Crippen LogP contribution in [0.3, 0.4) is 0 Å². The standard InChI is InChI=1S/C23H27NO3/c1-3-5-6-15-27-21-13-11-18(12-14-21)17(4-2)16-22(24)19-7-9-20(10-8-19)23(25)26/h7-14,16,24H,3-6,15H2,1-2H3,(H,25,26)/b17-16+,24-22?. The normalized spacial score (nSPS) is 11.3. The highest BCUT2D eigenvalue weighted by molar-refractivity contribution is 6.10. The summed E-state index contributed by atoms with van der Waals surface area (Å²) in [6.45, 7) is 4.97. The molecule has 0 unspecified atom stereocenters. The summed E-state index contributed by atoms with van der Waals surface area (Å²) >= 11 is 0. The Morgan fingerprint density at radius 2 is 1.56 bits per heavy atom. The molecule has 0 amide bonds. The predicted octanol–water partition coefficient (Wildman–Crippen LogP) is 5.82. The number of hydrogen-bond acceptors (Lipinski definition) is 3. The summed E-state index contributed by atoms with van der Waals surface area (Å²) in [5, 5.41) is 17.3. The molecule has 2 N–H and O–H groups in total. The van der Waals surface area contributed by atoms with Gasteiger partial charge >= 0.3 is 5.97 Å². The fraction of sp³-hybridized carbons (Fsp3) is 0.304. The molecule has 0 aliphatic heterocycles. The van der Waals surface area contributed by atoms with E-state index in [1.165, 1.54) is 25.0 Å². The lowest BCUT2D eigenvalue weighted by molar-refractivity contribution is 0.0697. The number of benzene rings is 2. The Bertz CT molecular complexity index is 789. The van der Waals surface area contributed by atoms with Crippen LogP contribution in [-0.4, -0.2) is 23.4 Å². The first kappa shape index (κ1) is 20.4. The van der Waals surface area contributed by atoms with Crippen LogP contribution in [-0.2, 0) is 0 Å². The van der Waals surface area contributed by atoms with Crippen LogP contribution >= 0.6 is 0 Å². The first-order valence-corrected chi connectivity index (χ1v) is 9.41. The van der Waals surface area contributed by atoms with E-state index in [2.05, 4.69) is 13.8 Å². The quantitative estimate of drug-likeness (QED) is 0.412. The molecule has 142 valence electrons. The van der Waals surface area contributed by atoms with Crippen molar-refractivity contribution in [2.24, 2.45) is 0 Å². The molecule has 2 aromatic carbocycles. The van der Waals surface area contributed by atoms with E-state index in [9.17, 15) is 4.79 Å². The molecule has 0 aliphatic carbocycles. The summed E-state index contributed by atoms with van der Waals surface area (Å²) in [7, 11) is 0. The van der Waals surface area contributed by atoms with Gasteiger partial charge in [-0.15, -0.1) is 0 Å². The van der Waals surface area contributed by atoms with Crippen molar-refractivity contribution in [2.75, 3.05) is 6.61 Å². The summed E-state index contributed by atoms with van der Waals surface area (Å²) in [5.74, 6) is -0.0977. The van der Waals surface area contributed by atoms with Crippen LogP contribution in [0.5, 0.6) is 5.75 Å². The molecule has 2 rings (SSSR count). The van der Waals surface area contributed by atoms with E-state index in [1.807, 2.05) is 30.3 Å². The van der Waals surface area contributed by atoms with Gasteiger partial charge in [0.05, 0.1) is 17.9 Å². The molecule has 0 atom stereocenters. The zero-order chi connectivity index (χ0) is 19.6. The minimum absolute atomic E-state index is 0.223. The molecule has 0 spiro atoms. The molecule has 2 aromatic rings. The number of hydrogen-bond donors (Lipinski definition) is 2. The van der Waals surface area contributed by atoms with Crippen molar-refractivity contribution < 1.29 is 14.6 Å². The van der Waals surface area contributed by atoms with Gasteiger partial charge in [0.2, 0.25) is 0 Å². The average Bonchev–Trinajstić information content (AvgIpc) is 2.70. The second-order valence-electron chi connectivity index (χ2n) is 6.40. The lowest BCUT2D eigenvalue weighted by atomic mass is 9.99. The number of carbonyl (C=O) groups is 1. The molecule has 4 heteroatoms. The van der Waals surface area contributed by atoms with Gasteiger partial charge in [-0.3, -0.25) is 0 Å². The Hall–Kier alpha value is -2.88. The van der Waals surface area contributed by atoms with Crippen molar-refractivity contribution in [3.63, 3.8) is 0 Å². The van der Waals surface area contributed by atoms with Gasteiger partial charge in [-0.2, -0.15) is 0 Å². The minimum atomic E-state index is -0.963. The highest BCUT2D eigenvalue weighted by Gasteiger charge is 2.06. The fourth-order valence-corrected chi connectivity index (χ4v) is 2.75. The number of carboxylic acids is 1. The number of rotatable bonds is 10. The second kappa shape index (κ2) is 10.3. The Balaban J connectivity index is 2.08. The summed E-state index contributed by atoms with van der Waals surface area (Å²) < 4.78 is 5.75. The number of nitrogens with one attached hydrogen (secondary N) is 1. The zero-order valence-corrected chi connectivity index (χ0v) is 16.0. The maximum Gasteiger partial charge on any atom is 0.335 e. The van der Waals surface area contributed by atoms with E-state index in [4.69, 9.17) is 15.3 Å². The van der Waals surface area contributed by atoms with Crippen molar-refractivity contribution in [2.45, 2.75) is 39.5 Å². The largest absolute Gasteiger partial charge is 0.494 e. The molecule has 0 saturated heterocycles. The number of unbranched alkanes of at least 4 members (excludes halogenated alkanes) is 2. The van der Waals surface area contributed by atoms with E-state index < -0.39 is 5.97 Å². The third kappa shape index (κ3) is 6.10. The summed E-state index contributed by atoms with van der Waals surface area (Å²) in [6.07, 6.45) is 6.06. The maximum atomic E-state index is 10.9. The van der Waals surface area contributed by atoms with Crippen LogP contribution in [0.2, 0.25) is 0 Å². The molecule has 0 aliphatic rings. The molecule has 0 saturated carbocycles. The van der Waals surface area contributed by atoms with Gasteiger partial charge < -0.3 is 15.3 Å². The maximum absolute atomic E-state index is 10.9. The van der Waals surface area contributed by atoms with Crippen LogP contribution in [0, 0.1) is 5.41 Å². The zero-order valence-electron chi connectivity index (χ0n) is 16.0. The van der Waals surface area contributed by atoms with E-state index in [1.54, 1.807) is 12.1 Å². The van der Waals surface area contributed by atoms with Gasteiger partial charge in [0, 0.05) is 0 Å². The molecule has 0 heterocycles. The van der Waals surface area contributed by atoms with Gasteiger partial charge in [-0.25, -0.2) is 4.79 Å². The predicted molar refractivity (Wildman–Crippen MR) is 110 cm³/mol. The third-order valence-electron chi connectivity index (χ3n) is 4.38. The van der Waals surface area contributed by atoms with Gasteiger partial charge in [0.1, 0.15) is 5.75 Å². The SMILES string of the molecule is CCCCCOc1ccc(/C(=C/C(=N)c2ccc(C(=O)O)cc2)CC)cc1. The van der Waals surface area contributed by atoms with Crippen LogP contribution in [0.4, 0.5) is 0 Å². The first-order valence-electron chi connectivity index (χ1n) is 9.41. The minimum Gasteiger partial charge on any atom is -0.494 e. The van der Waals surface area contributed by atoms with Crippen LogP contribution in [0.15, 0.2) is 54.6 Å². The van der Waals surface area contributed by atoms with Crippen LogP contribution in [0.1, 0.15) is 61.0 Å². The molecule has 0 aromatic heterocycles. The smallest absolute Gasteiger partial charge is 0.335 e. The highest BCUT2D eigenvalue weighted by atomic mass is 16.5. The second-order valence-corrected chi connectivity index (χ2v) is 6.40. The van der Waals surface area contributed by atoms with Crippen molar-refractivity contribution in [3.05, 3.63) is 71.3 Å². The van der Waals surface area contributed by atoms with Gasteiger partial charge in [-0.05, 0) is 59.9 Å². The topological polar surface area (TPSA) is 70.4 Å². The van der Waals surface area contributed by atoms with E-state index in [-0.39, 0.29) is 5.56 Å². The Kier molecular flexibility index (Phi) is 7.80. The van der Waals surface area contributed by atoms with E-state index in [0.717, 1.165) is 36.3 Å². The van der Waals surface area contributed by atoms with Gasteiger partial charge in [0.15, 0.2) is 0 Å². The lowest BCUT2D eigenvalue weighted by Gasteiger charge is -2.09. The van der Waals surface area contributed by atoms with Gasteiger partial charge in [0.25, 0.3) is 0 Å². The summed E-state index contributed by atoms with van der Waals surface area (Å²) in [5.41, 5.74) is 3.40. The average molecular weight is 365 g/mol. The monoisotopic (exact) mass is 365 g/mol. The van der Waals surface area contributed by atoms with Crippen molar-refractivity contribution in [1.82, 2.24) is 0 Å². The van der Waals surface area contributed by atoms with E-state index >= 15 is 0 Å². The summed E-state index contributed by atoms with van der Waals surface area (Å²) in [6, 6.07) is 14.4. The van der Waals surface area contributed by atoms with Gasteiger partial charge in [-0.1, -0.05) is 51.0 Å². The first-order chi connectivity index (χ1) is 13.0. The fourth-order valence-electron chi connectivity index (χ4n) is 2.75. The molecule has 27 heavy (non-hydrogen) atoms. The molecular weight excluding hydrogens is 338 g/mol. The van der Waals surface area contributed by atoms with Crippen LogP contribution < -0.4 is 4.74 Å². The molecule has 0 bridgehead atoms. The Morgan fingerprint density at radius 1 is 0.963 bits per heavy atom. The lowest BCUT2D eigenvalue weighted by Crippen LogP contribution is -2.00. The van der Waals surface area contributed by atoms with E-state index in [0.29, 0.717) is 11.3 Å². The molecule has 0 fully saturated rings. The highest BCUT2D eigenvalue weighted by Crippen LogP contribution is 2.22. The Labute approximate surface area is 161 Å². The number of allylic oxidation sites excluding steroid dienone is 2. The molecular formula is C23H27NO3. The number of carboxylic acid groups (broad SMARTS) is 1. The van der Waals surface area contributed by atoms with Crippen molar-refractivity contribution >= 4 is 17.3 Å².